The van der Waals surface area contributed by atoms with Crippen LogP contribution in [-0.4, -0.2) is 16.2 Å². The molecule has 0 atom stereocenters. The lowest BCUT2D eigenvalue weighted by atomic mass is 10.9. The summed E-state index contributed by atoms with van der Waals surface area (Å²) in [5.74, 6) is 0. The number of rotatable bonds is 0. The first kappa shape index (κ1) is 8.19. The van der Waals surface area contributed by atoms with Crippen LogP contribution in [0.5, 0.6) is 0 Å². The quantitative estimate of drug-likeness (QED) is 0.594. The Kier molecular flexibility index (Phi) is 2.57. The molecular weight excluding hydrogens is 240 g/mol. The van der Waals surface area contributed by atoms with Crippen molar-refractivity contribution in [2.45, 2.75) is 9.16 Å². The molecule has 0 spiro atoms. The van der Waals surface area contributed by atoms with Crippen LogP contribution in [0, 0.1) is 0 Å². The van der Waals surface area contributed by atoms with Crippen molar-refractivity contribution in [1.29, 1.82) is 0 Å². The zero-order valence-electron chi connectivity index (χ0n) is 4.60. The monoisotopic (exact) mass is 242 g/mol. The van der Waals surface area contributed by atoms with E-state index in [9.17, 15) is 0 Å². The third kappa shape index (κ3) is 1.51. The molecule has 0 N–H and O–H groups in total. The molecule has 54 valence electrons. The van der Waals surface area contributed by atoms with Crippen LogP contribution in [0.25, 0.3) is 0 Å². The summed E-state index contributed by atoms with van der Waals surface area (Å²) in [6.45, 7) is 0. The smallest absolute Gasteiger partial charge is 0.0908 e. The van der Waals surface area contributed by atoms with E-state index < -0.39 is 0 Å². The summed E-state index contributed by atoms with van der Waals surface area (Å²) in [5, 5.41) is 0. The van der Waals surface area contributed by atoms with E-state index in [-0.39, 0.29) is 0 Å². The van der Waals surface area contributed by atoms with Gasteiger partial charge < -0.3 is 0 Å². The van der Waals surface area contributed by atoms with Crippen molar-refractivity contribution in [3.05, 3.63) is 0 Å². The maximum atomic E-state index is 5.07. The number of thiocarbonyl (C=S) groups is 2. The molecule has 2 saturated heterocycles. The fourth-order valence-electron chi connectivity index (χ4n) is 0.705. The summed E-state index contributed by atoms with van der Waals surface area (Å²) >= 11 is 17.3. The Bertz CT molecular complexity index is 160. The molecule has 0 nitrogen and oxygen atoms in total. The van der Waals surface area contributed by atoms with Crippen LogP contribution in [0.15, 0.2) is 0 Å². The predicted octanol–water partition coefficient (Wildman–Crippen LogP) is 3.17. The second-order valence-corrected chi connectivity index (χ2v) is 9.28. The van der Waals surface area contributed by atoms with Crippen molar-refractivity contribution in [2.24, 2.45) is 0 Å². The largest absolute Gasteiger partial charge is 0.106 e. The molecule has 6 heteroatoms. The fourth-order valence-corrected chi connectivity index (χ4v) is 9.18. The Morgan fingerprint density at radius 1 is 0.800 bits per heavy atom. The minimum absolute atomic E-state index is 0.606. The van der Waals surface area contributed by atoms with Crippen molar-refractivity contribution in [1.82, 2.24) is 0 Å². The molecule has 0 radical (unpaired) electrons. The van der Waals surface area contributed by atoms with E-state index in [2.05, 4.69) is 0 Å². The van der Waals surface area contributed by atoms with Crippen LogP contribution in [0.3, 0.4) is 0 Å². The third-order valence-electron chi connectivity index (χ3n) is 1.07. The van der Waals surface area contributed by atoms with E-state index in [0.29, 0.717) is 9.16 Å². The van der Waals surface area contributed by atoms with Gasteiger partial charge in [0.25, 0.3) is 0 Å². The van der Waals surface area contributed by atoms with E-state index in [1.54, 1.807) is 47.0 Å². The van der Waals surface area contributed by atoms with Crippen LogP contribution in [-0.2, 0) is 0 Å². The summed E-state index contributed by atoms with van der Waals surface area (Å²) in [6.07, 6.45) is 0. The first-order valence-corrected chi connectivity index (χ1v) is 6.84. The Morgan fingerprint density at radius 2 is 1.10 bits per heavy atom. The predicted molar refractivity (Wildman–Crippen MR) is 63.1 cm³/mol. The molecule has 2 heterocycles. The van der Waals surface area contributed by atoms with Gasteiger partial charge in [0, 0.05) is 0 Å². The second kappa shape index (κ2) is 3.14. The average Bonchev–Trinajstić information content (AvgIpc) is 2.21. The third-order valence-corrected chi connectivity index (χ3v) is 8.01. The van der Waals surface area contributed by atoms with Crippen molar-refractivity contribution < 1.29 is 0 Å². The minimum Gasteiger partial charge on any atom is -0.0908 e. The number of thioether (sulfide) groups is 4. The van der Waals surface area contributed by atoms with Gasteiger partial charge in [-0.25, -0.2) is 0 Å². The maximum Gasteiger partial charge on any atom is 0.106 e. The zero-order chi connectivity index (χ0) is 7.14. The van der Waals surface area contributed by atoms with Gasteiger partial charge in [0.1, 0.15) is 7.06 Å². The van der Waals surface area contributed by atoms with Crippen LogP contribution in [0.4, 0.5) is 0 Å². The topological polar surface area (TPSA) is 0 Å². The zero-order valence-corrected chi connectivity index (χ0v) is 9.50. The minimum atomic E-state index is 0.606. The Balaban J connectivity index is 2.12. The van der Waals surface area contributed by atoms with Gasteiger partial charge in [-0.1, -0.05) is 71.5 Å². The average molecular weight is 242 g/mol. The summed E-state index contributed by atoms with van der Waals surface area (Å²) in [6, 6.07) is 0. The summed E-state index contributed by atoms with van der Waals surface area (Å²) in [4.78, 5) is 0. The summed E-state index contributed by atoms with van der Waals surface area (Å²) in [7, 11) is 0. The molecule has 0 aliphatic carbocycles. The molecule has 0 aromatic carbocycles. The molecular formula is C4H2S6. The molecule has 0 amide bonds. The van der Waals surface area contributed by atoms with Crippen LogP contribution in [0.1, 0.15) is 0 Å². The lowest BCUT2D eigenvalue weighted by molar-refractivity contribution is 1.41. The normalized spacial score (nSPS) is 38.8. The van der Waals surface area contributed by atoms with Crippen molar-refractivity contribution in [2.75, 3.05) is 0 Å². The number of hydrogen-bond acceptors (Lipinski definition) is 6. The highest BCUT2D eigenvalue weighted by Gasteiger charge is 2.40. The highest BCUT2D eigenvalue weighted by Crippen LogP contribution is 2.56. The van der Waals surface area contributed by atoms with Gasteiger partial charge in [-0.05, 0) is 0 Å². The molecule has 0 aromatic heterocycles. The van der Waals surface area contributed by atoms with Gasteiger partial charge >= 0.3 is 0 Å². The van der Waals surface area contributed by atoms with Crippen molar-refractivity contribution >= 4 is 78.5 Å². The fraction of sp³-hybridized carbons (Fsp3) is 0.500. The molecule has 0 saturated carbocycles. The molecule has 2 rings (SSSR count). The Morgan fingerprint density at radius 3 is 1.40 bits per heavy atom. The Hall–Kier alpha value is 1.58. The lowest BCUT2D eigenvalue weighted by Crippen LogP contribution is -1.97. The molecule has 0 bridgehead atoms. The summed E-state index contributed by atoms with van der Waals surface area (Å²) < 4.78 is 3.38. The lowest BCUT2D eigenvalue weighted by Gasteiger charge is -1.98. The van der Waals surface area contributed by atoms with Crippen molar-refractivity contribution in [3.8, 4) is 0 Å². The first-order chi connectivity index (χ1) is 4.75. The van der Waals surface area contributed by atoms with E-state index in [0.717, 1.165) is 7.06 Å². The van der Waals surface area contributed by atoms with Crippen molar-refractivity contribution in [3.63, 3.8) is 0 Å². The van der Waals surface area contributed by atoms with Gasteiger partial charge in [0.15, 0.2) is 0 Å². The highest BCUT2D eigenvalue weighted by molar-refractivity contribution is 8.64. The molecule has 2 fully saturated rings. The van der Waals surface area contributed by atoms with Gasteiger partial charge in [-0.2, -0.15) is 0 Å². The molecule has 0 unspecified atom stereocenters. The van der Waals surface area contributed by atoms with Gasteiger partial charge in [-0.15, -0.1) is 0 Å². The maximum absolute atomic E-state index is 5.07. The van der Waals surface area contributed by atoms with E-state index >= 15 is 0 Å². The molecule has 2 aliphatic heterocycles. The molecule has 2 aliphatic rings. The van der Waals surface area contributed by atoms with Crippen LogP contribution in [0.2, 0.25) is 0 Å². The van der Waals surface area contributed by atoms with Gasteiger partial charge in [0.2, 0.25) is 0 Å². The second-order valence-electron chi connectivity index (χ2n) is 1.71. The van der Waals surface area contributed by atoms with Gasteiger partial charge in [-0.3, -0.25) is 0 Å². The Labute approximate surface area is 87.0 Å². The van der Waals surface area contributed by atoms with Crippen LogP contribution >= 0.6 is 71.5 Å². The van der Waals surface area contributed by atoms with Crippen LogP contribution < -0.4 is 0 Å². The first-order valence-electron chi connectivity index (χ1n) is 2.50. The van der Waals surface area contributed by atoms with E-state index in [4.69, 9.17) is 24.4 Å². The SMILES string of the molecule is S=C1SC2SC(=S)SC2S1. The van der Waals surface area contributed by atoms with E-state index in [1.807, 2.05) is 0 Å². The van der Waals surface area contributed by atoms with E-state index in [1.165, 1.54) is 0 Å². The molecule has 0 aromatic rings. The number of fused-ring (bicyclic) bond motifs is 1. The summed E-state index contributed by atoms with van der Waals surface area (Å²) in [5.41, 5.74) is 0. The number of hydrogen-bond donors (Lipinski definition) is 0. The standard InChI is InChI=1S/C4H2S6/c5-3-7-1-2(9-3)10-4(6)8-1/h1-2H. The van der Waals surface area contributed by atoms with Gasteiger partial charge in [0.05, 0.1) is 9.16 Å². The molecule has 10 heavy (non-hydrogen) atoms. The highest BCUT2D eigenvalue weighted by atomic mass is 32.3.